The van der Waals surface area contributed by atoms with Gasteiger partial charge >= 0.3 is 0 Å². The summed E-state index contributed by atoms with van der Waals surface area (Å²) < 4.78 is 8.74. The molecule has 0 saturated heterocycles. The van der Waals surface area contributed by atoms with Crippen LogP contribution >= 0.6 is 22.7 Å². The highest BCUT2D eigenvalue weighted by molar-refractivity contribution is 7.25. The first-order valence-electron chi connectivity index (χ1n) is 10.4. The van der Waals surface area contributed by atoms with Gasteiger partial charge in [0.05, 0.1) is 15.1 Å². The Morgan fingerprint density at radius 1 is 0.781 bits per heavy atom. The minimum Gasteiger partial charge on any atom is -0.455 e. The van der Waals surface area contributed by atoms with Crippen LogP contribution in [0.1, 0.15) is 0 Å². The van der Waals surface area contributed by atoms with Crippen LogP contribution < -0.4 is 0 Å². The highest BCUT2D eigenvalue weighted by Crippen LogP contribution is 2.50. The molecule has 0 saturated carbocycles. The van der Waals surface area contributed by atoms with E-state index >= 15 is 0 Å². The summed E-state index contributed by atoms with van der Waals surface area (Å²) in [6.07, 6.45) is 1.97. The van der Waals surface area contributed by atoms with Crippen LogP contribution in [-0.4, -0.2) is 9.97 Å². The van der Waals surface area contributed by atoms with Gasteiger partial charge in [0.2, 0.25) is 0 Å². The summed E-state index contributed by atoms with van der Waals surface area (Å²) in [4.78, 5) is 9.55. The Morgan fingerprint density at radius 2 is 1.66 bits per heavy atom. The molecule has 0 aliphatic heterocycles. The predicted molar refractivity (Wildman–Crippen MR) is 135 cm³/mol. The number of hydrogen-bond acceptors (Lipinski definition) is 4. The van der Waals surface area contributed by atoms with E-state index < -0.39 is 0 Å². The average molecular weight is 449 g/mol. The summed E-state index contributed by atoms with van der Waals surface area (Å²) in [5.41, 5.74) is 5.36. The third kappa shape index (κ3) is 2.68. The number of hydrogen-bond donors (Lipinski definition) is 1. The lowest BCUT2D eigenvalue weighted by atomic mass is 10.0. The molecular weight excluding hydrogens is 432 g/mol. The summed E-state index contributed by atoms with van der Waals surface area (Å²) in [6, 6.07) is 29.3. The van der Waals surface area contributed by atoms with Crippen molar-refractivity contribution in [2.45, 2.75) is 0 Å². The number of H-pyrrole nitrogens is 1. The van der Waals surface area contributed by atoms with Crippen LogP contribution in [0, 0.1) is 0 Å². The van der Waals surface area contributed by atoms with Crippen molar-refractivity contribution >= 4 is 53.9 Å². The molecule has 0 spiro atoms. The Morgan fingerprint density at radius 3 is 2.53 bits per heavy atom. The molecule has 7 rings (SSSR count). The molecule has 0 aliphatic carbocycles. The molecule has 4 heterocycles. The van der Waals surface area contributed by atoms with E-state index in [-0.39, 0.29) is 0 Å². The first kappa shape index (κ1) is 18.0. The molecule has 32 heavy (non-hydrogen) atoms. The third-order valence-corrected chi connectivity index (χ3v) is 7.98. The van der Waals surface area contributed by atoms with Crippen LogP contribution in [0.3, 0.4) is 0 Å². The zero-order chi connectivity index (χ0) is 21.1. The topological polar surface area (TPSA) is 41.8 Å². The molecule has 0 atom stereocenters. The van der Waals surface area contributed by atoms with E-state index in [0.717, 1.165) is 43.4 Å². The van der Waals surface area contributed by atoms with Crippen LogP contribution in [0.2, 0.25) is 0 Å². The molecule has 1 N–H and O–H groups in total. The smallest absolute Gasteiger partial charge is 0.146 e. The van der Waals surface area contributed by atoms with Gasteiger partial charge in [0.25, 0.3) is 0 Å². The van der Waals surface area contributed by atoms with Crippen LogP contribution in [0.5, 0.6) is 0 Å². The number of furan rings is 1. The number of nitrogens with one attached hydrogen (secondary N) is 1. The van der Waals surface area contributed by atoms with E-state index in [0.29, 0.717) is 0 Å². The molecule has 5 heteroatoms. The molecule has 7 aromatic rings. The second-order valence-corrected chi connectivity index (χ2v) is 9.79. The second-order valence-electron chi connectivity index (χ2n) is 7.70. The fourth-order valence-corrected chi connectivity index (χ4v) is 6.59. The van der Waals surface area contributed by atoms with Gasteiger partial charge in [-0.25, -0.2) is 4.98 Å². The Bertz CT molecular complexity index is 1670. The van der Waals surface area contributed by atoms with Crippen molar-refractivity contribution in [1.29, 1.82) is 0 Å². The van der Waals surface area contributed by atoms with E-state index in [4.69, 9.17) is 9.40 Å². The monoisotopic (exact) mass is 448 g/mol. The number of aromatic nitrogens is 2. The summed E-state index contributed by atoms with van der Waals surface area (Å²) in [5, 5.41) is 3.35. The summed E-state index contributed by atoms with van der Waals surface area (Å²) >= 11 is 3.50. The van der Waals surface area contributed by atoms with Crippen molar-refractivity contribution in [3.8, 4) is 32.5 Å². The van der Waals surface area contributed by atoms with Gasteiger partial charge in [-0.05, 0) is 42.5 Å². The SMILES string of the molecule is c1c[nH]c(-c2cccc3sc(-c4cc5ccccc5o4)c(-c4nc5ccccc5s4)c23)c1. The molecule has 0 amide bonds. The lowest BCUT2D eigenvalue weighted by molar-refractivity contribution is 0.633. The highest BCUT2D eigenvalue weighted by atomic mass is 32.1. The van der Waals surface area contributed by atoms with Crippen molar-refractivity contribution in [3.63, 3.8) is 0 Å². The molecule has 0 radical (unpaired) electrons. The van der Waals surface area contributed by atoms with Gasteiger partial charge in [-0.15, -0.1) is 22.7 Å². The van der Waals surface area contributed by atoms with Gasteiger partial charge in [-0.2, -0.15) is 0 Å². The molecule has 4 aromatic heterocycles. The average Bonchev–Trinajstić information content (AvgIpc) is 3.62. The number of thiazole rings is 1. The third-order valence-electron chi connectivity index (χ3n) is 5.76. The zero-order valence-corrected chi connectivity index (χ0v) is 18.5. The van der Waals surface area contributed by atoms with Crippen molar-refractivity contribution in [2.75, 3.05) is 0 Å². The first-order valence-corrected chi connectivity index (χ1v) is 12.0. The maximum absolute atomic E-state index is 6.33. The summed E-state index contributed by atoms with van der Waals surface area (Å²) in [6.45, 7) is 0. The molecule has 152 valence electrons. The van der Waals surface area contributed by atoms with E-state index in [1.807, 2.05) is 36.5 Å². The number of aromatic amines is 1. The second kappa shape index (κ2) is 6.92. The van der Waals surface area contributed by atoms with Gasteiger partial charge < -0.3 is 9.40 Å². The number of thiophene rings is 1. The van der Waals surface area contributed by atoms with Gasteiger partial charge in [0.1, 0.15) is 16.4 Å². The fourth-order valence-electron chi connectivity index (χ4n) is 4.32. The van der Waals surface area contributed by atoms with Gasteiger partial charge in [0, 0.05) is 38.5 Å². The predicted octanol–water partition coefficient (Wildman–Crippen LogP) is 8.59. The maximum Gasteiger partial charge on any atom is 0.146 e. The van der Waals surface area contributed by atoms with Gasteiger partial charge in [-0.1, -0.05) is 42.5 Å². The fraction of sp³-hybridized carbons (Fsp3) is 0. The molecule has 0 aliphatic rings. The van der Waals surface area contributed by atoms with Crippen LogP contribution in [0.15, 0.2) is 95.5 Å². The normalized spacial score (nSPS) is 11.8. The lowest BCUT2D eigenvalue weighted by Crippen LogP contribution is -1.83. The van der Waals surface area contributed by atoms with Crippen LogP contribution in [0.4, 0.5) is 0 Å². The van der Waals surface area contributed by atoms with Crippen molar-refractivity contribution < 1.29 is 4.42 Å². The van der Waals surface area contributed by atoms with Crippen molar-refractivity contribution in [2.24, 2.45) is 0 Å². The molecule has 0 fully saturated rings. The Kier molecular flexibility index (Phi) is 3.88. The maximum atomic E-state index is 6.33. The minimum absolute atomic E-state index is 0.888. The Labute approximate surface area is 191 Å². The van der Waals surface area contributed by atoms with E-state index in [2.05, 4.69) is 59.6 Å². The quantitative estimate of drug-likeness (QED) is 0.294. The van der Waals surface area contributed by atoms with E-state index in [9.17, 15) is 0 Å². The molecule has 3 aromatic carbocycles. The van der Waals surface area contributed by atoms with E-state index in [1.165, 1.54) is 20.3 Å². The van der Waals surface area contributed by atoms with Crippen LogP contribution in [-0.2, 0) is 0 Å². The standard InChI is InChI=1S/C27H16N2OS2/c1-3-11-20-16(7-1)15-21(30-20)26-25(27-29-19-9-2-4-12-22(19)32-27)24-17(18-10-6-14-28-18)8-5-13-23(24)31-26/h1-15,28H. The van der Waals surface area contributed by atoms with Gasteiger partial charge in [-0.3, -0.25) is 0 Å². The summed E-state index contributed by atoms with van der Waals surface area (Å²) in [7, 11) is 0. The summed E-state index contributed by atoms with van der Waals surface area (Å²) in [5.74, 6) is 0.888. The largest absolute Gasteiger partial charge is 0.455 e. The first-order chi connectivity index (χ1) is 15.8. The molecular formula is C27H16N2OS2. The number of para-hydroxylation sites is 2. The number of fused-ring (bicyclic) bond motifs is 3. The molecule has 0 unspecified atom stereocenters. The molecule has 0 bridgehead atoms. The minimum atomic E-state index is 0.888. The Balaban J connectivity index is 1.60. The van der Waals surface area contributed by atoms with Gasteiger partial charge in [0.15, 0.2) is 0 Å². The number of benzene rings is 3. The number of nitrogens with zero attached hydrogens (tertiary/aromatic N) is 1. The zero-order valence-electron chi connectivity index (χ0n) is 16.8. The lowest BCUT2D eigenvalue weighted by Gasteiger charge is -2.05. The highest BCUT2D eigenvalue weighted by Gasteiger charge is 2.24. The number of rotatable bonds is 3. The van der Waals surface area contributed by atoms with Crippen LogP contribution in [0.25, 0.3) is 63.7 Å². The van der Waals surface area contributed by atoms with Crippen molar-refractivity contribution in [1.82, 2.24) is 9.97 Å². The Hall–Kier alpha value is -3.67. The molecule has 3 nitrogen and oxygen atoms in total. The van der Waals surface area contributed by atoms with Crippen molar-refractivity contribution in [3.05, 3.63) is 91.1 Å². The van der Waals surface area contributed by atoms with E-state index in [1.54, 1.807) is 22.7 Å².